The summed E-state index contributed by atoms with van der Waals surface area (Å²) in [5.41, 5.74) is 3.61. The Morgan fingerprint density at radius 1 is 1.03 bits per heavy atom. The molecule has 1 aliphatic carbocycles. The lowest BCUT2D eigenvalue weighted by atomic mass is 10.0. The normalized spacial score (nSPS) is 15.0. The number of benzene rings is 2. The number of hydrogen-bond acceptors (Lipinski definition) is 3. The predicted molar refractivity (Wildman–Crippen MR) is 140 cm³/mol. The van der Waals surface area contributed by atoms with Gasteiger partial charge >= 0.3 is 5.97 Å². The maximum atomic E-state index is 11.4. The molecule has 4 heteroatoms. The molecule has 1 unspecified atom stereocenters. The Morgan fingerprint density at radius 3 is 2.29 bits per heavy atom. The van der Waals surface area contributed by atoms with Gasteiger partial charge in [0, 0.05) is 0 Å². The average molecular weight is 461 g/mol. The molecule has 180 valence electrons. The van der Waals surface area contributed by atoms with Crippen molar-refractivity contribution in [2.24, 2.45) is 0 Å². The molecule has 0 bridgehead atoms. The monoisotopic (exact) mass is 460 g/mol. The largest absolute Gasteiger partial charge is 0.490 e. The molecule has 4 nitrogen and oxygen atoms in total. The van der Waals surface area contributed by atoms with Crippen molar-refractivity contribution >= 4 is 11.5 Å². The summed E-state index contributed by atoms with van der Waals surface area (Å²) in [4.78, 5) is 11.4. The van der Waals surface area contributed by atoms with Gasteiger partial charge in [0.25, 0.3) is 0 Å². The van der Waals surface area contributed by atoms with Crippen LogP contribution in [-0.2, 0) is 4.79 Å². The third kappa shape index (κ3) is 7.51. The van der Waals surface area contributed by atoms with Crippen LogP contribution in [0.1, 0.15) is 53.0 Å². The minimum Gasteiger partial charge on any atom is -0.490 e. The van der Waals surface area contributed by atoms with Gasteiger partial charge in [-0.2, -0.15) is 0 Å². The van der Waals surface area contributed by atoms with Crippen molar-refractivity contribution < 1.29 is 19.4 Å². The first-order chi connectivity index (χ1) is 16.4. The molecule has 0 aliphatic heterocycles. The fraction of sp³-hybridized carbons (Fsp3) is 0.300. The molecule has 0 saturated carbocycles. The molecule has 2 aromatic carbocycles. The number of ether oxygens (including phenoxy) is 2. The number of aliphatic carboxylic acids is 1. The lowest BCUT2D eigenvalue weighted by molar-refractivity contribution is -0.154. The van der Waals surface area contributed by atoms with Crippen LogP contribution in [0.15, 0.2) is 96.1 Å². The van der Waals surface area contributed by atoms with E-state index in [2.05, 4.69) is 61.6 Å². The van der Waals surface area contributed by atoms with E-state index in [1.54, 1.807) is 38.1 Å². The summed E-state index contributed by atoms with van der Waals surface area (Å²) in [5.74, 6) is 0.227. The van der Waals surface area contributed by atoms with Crippen LogP contribution in [0.2, 0.25) is 0 Å². The van der Waals surface area contributed by atoms with Crippen LogP contribution in [0, 0.1) is 0 Å². The third-order valence-corrected chi connectivity index (χ3v) is 5.63. The van der Waals surface area contributed by atoms with E-state index in [9.17, 15) is 9.90 Å². The second-order valence-corrected chi connectivity index (χ2v) is 7.95. The summed E-state index contributed by atoms with van der Waals surface area (Å²) in [6.07, 6.45) is 12.0. The molecule has 0 spiro atoms. The molecule has 0 aromatic heterocycles. The molecule has 2 aromatic rings. The van der Waals surface area contributed by atoms with Gasteiger partial charge in [0.2, 0.25) is 5.60 Å². The Balaban J connectivity index is 0.00000199. The number of rotatable bonds is 9. The van der Waals surface area contributed by atoms with Gasteiger partial charge in [0.05, 0.1) is 0 Å². The van der Waals surface area contributed by atoms with E-state index in [1.165, 1.54) is 11.1 Å². The first kappa shape index (κ1) is 26.7. The van der Waals surface area contributed by atoms with E-state index in [-0.39, 0.29) is 0 Å². The van der Waals surface area contributed by atoms with Crippen LogP contribution >= 0.6 is 0 Å². The average Bonchev–Trinajstić information content (AvgIpc) is 3.13. The fourth-order valence-corrected chi connectivity index (χ4v) is 3.27. The Bertz CT molecular complexity index is 1040. The van der Waals surface area contributed by atoms with Crippen molar-refractivity contribution in [3.05, 3.63) is 102 Å². The first-order valence-corrected chi connectivity index (χ1v) is 11.9. The molecule has 0 saturated heterocycles. The van der Waals surface area contributed by atoms with Crippen LogP contribution in [0.5, 0.6) is 11.5 Å². The maximum absolute atomic E-state index is 11.4. The van der Waals surface area contributed by atoms with E-state index in [4.69, 9.17) is 9.47 Å². The van der Waals surface area contributed by atoms with Gasteiger partial charge in [0.15, 0.2) is 0 Å². The lowest BCUT2D eigenvalue weighted by Crippen LogP contribution is -2.40. The van der Waals surface area contributed by atoms with E-state index in [0.717, 1.165) is 17.6 Å². The molecule has 0 amide bonds. The zero-order chi connectivity index (χ0) is 25.0. The molecular weight excluding hydrogens is 424 g/mol. The third-order valence-electron chi connectivity index (χ3n) is 5.63. The molecule has 0 heterocycles. The summed E-state index contributed by atoms with van der Waals surface area (Å²) in [5, 5.41) is 9.35. The Morgan fingerprint density at radius 2 is 1.68 bits per heavy atom. The van der Waals surface area contributed by atoms with Crippen LogP contribution in [0.3, 0.4) is 0 Å². The highest BCUT2D eigenvalue weighted by molar-refractivity contribution is 5.77. The minimum absolute atomic E-state index is 0.372. The number of carboxylic acid groups (broad SMARTS) is 1. The van der Waals surface area contributed by atoms with Crippen molar-refractivity contribution in [3.8, 4) is 11.5 Å². The minimum atomic E-state index is -1.24. The van der Waals surface area contributed by atoms with Gasteiger partial charge in [0.1, 0.15) is 18.1 Å². The van der Waals surface area contributed by atoms with Gasteiger partial charge in [-0.1, -0.05) is 75.4 Å². The molecule has 34 heavy (non-hydrogen) atoms. The molecule has 1 atom stereocenters. The van der Waals surface area contributed by atoms with Crippen molar-refractivity contribution in [1.29, 1.82) is 0 Å². The summed E-state index contributed by atoms with van der Waals surface area (Å²) in [6.45, 7) is 9.88. The number of allylic oxidation sites excluding steroid dienone is 7. The van der Waals surface area contributed by atoms with Gasteiger partial charge in [-0.3, -0.25) is 0 Å². The topological polar surface area (TPSA) is 55.8 Å². The Kier molecular flexibility index (Phi) is 10.4. The van der Waals surface area contributed by atoms with Gasteiger partial charge < -0.3 is 14.6 Å². The highest BCUT2D eigenvalue weighted by atomic mass is 16.5. The van der Waals surface area contributed by atoms with E-state index in [0.29, 0.717) is 24.5 Å². The van der Waals surface area contributed by atoms with Crippen LogP contribution in [-0.4, -0.2) is 23.3 Å². The maximum Gasteiger partial charge on any atom is 0.347 e. The van der Waals surface area contributed by atoms with Crippen molar-refractivity contribution in [2.75, 3.05) is 6.61 Å². The van der Waals surface area contributed by atoms with Crippen molar-refractivity contribution in [2.45, 2.75) is 53.1 Å². The molecule has 1 N–H and O–H groups in total. The standard InChI is InChI=1S/C28H30O4.C2H6/c1-4-28(3,27(29)30)32-26-17-15-25(16-18-26)31-20-19-21(2)22-11-8-12-24(14-13-22)23-9-6-5-7-10-23;1-2/h5-11,13-19H,4,12,20H2,1-3H3,(H,29,30);1-2H3/b21-19+;. The smallest absolute Gasteiger partial charge is 0.347 e. The summed E-state index contributed by atoms with van der Waals surface area (Å²) < 4.78 is 11.5. The van der Waals surface area contributed by atoms with E-state index >= 15 is 0 Å². The molecule has 0 fully saturated rings. The number of hydrogen-bond donors (Lipinski definition) is 1. The molecular formula is C30H36O4. The predicted octanol–water partition coefficient (Wildman–Crippen LogP) is 7.64. The zero-order valence-electron chi connectivity index (χ0n) is 20.9. The quantitative estimate of drug-likeness (QED) is 0.418. The van der Waals surface area contributed by atoms with Gasteiger partial charge in [-0.05, 0) is 79.3 Å². The first-order valence-electron chi connectivity index (χ1n) is 11.9. The Hall–Kier alpha value is -3.53. The lowest BCUT2D eigenvalue weighted by Gasteiger charge is -2.24. The summed E-state index contributed by atoms with van der Waals surface area (Å²) in [7, 11) is 0. The molecule has 3 rings (SSSR count). The van der Waals surface area contributed by atoms with E-state index < -0.39 is 11.6 Å². The number of carboxylic acids is 1. The van der Waals surface area contributed by atoms with Crippen molar-refractivity contribution in [3.63, 3.8) is 0 Å². The van der Waals surface area contributed by atoms with E-state index in [1.807, 2.05) is 19.9 Å². The second kappa shape index (κ2) is 13.2. The fourth-order valence-electron chi connectivity index (χ4n) is 3.27. The molecule has 0 radical (unpaired) electrons. The second-order valence-electron chi connectivity index (χ2n) is 7.95. The summed E-state index contributed by atoms with van der Waals surface area (Å²) >= 11 is 0. The molecule has 1 aliphatic rings. The van der Waals surface area contributed by atoms with Gasteiger partial charge in [-0.15, -0.1) is 0 Å². The number of carbonyl (C=O) groups is 1. The summed E-state index contributed by atoms with van der Waals surface area (Å²) in [6, 6.07) is 17.5. The van der Waals surface area contributed by atoms with Crippen molar-refractivity contribution in [1.82, 2.24) is 0 Å². The zero-order valence-corrected chi connectivity index (χ0v) is 20.9. The highest BCUT2D eigenvalue weighted by Crippen LogP contribution is 2.26. The Labute approximate surface area is 203 Å². The van der Waals surface area contributed by atoms with Crippen LogP contribution in [0.25, 0.3) is 5.57 Å². The highest BCUT2D eigenvalue weighted by Gasteiger charge is 2.33. The van der Waals surface area contributed by atoms with Crippen LogP contribution < -0.4 is 9.47 Å². The SMILES string of the molecule is CC.CCC(C)(Oc1ccc(OC/C=C(\C)C2=CC=C(c3ccccc3)CC=C2)cc1)C(=O)O. The van der Waals surface area contributed by atoms with Crippen LogP contribution in [0.4, 0.5) is 0 Å². The van der Waals surface area contributed by atoms with Gasteiger partial charge in [-0.25, -0.2) is 4.79 Å².